The molecule has 3 atom stereocenters. The van der Waals surface area contributed by atoms with Crippen LogP contribution in [0, 0.1) is 24.7 Å². The fourth-order valence-electron chi connectivity index (χ4n) is 5.93. The highest BCUT2D eigenvalue weighted by Gasteiger charge is 2.34. The zero-order valence-corrected chi connectivity index (χ0v) is 20.8. The third-order valence-electron chi connectivity index (χ3n) is 8.02. The van der Waals surface area contributed by atoms with Crippen molar-refractivity contribution in [2.24, 2.45) is 23.5 Å². The number of primary amides is 1. The molecule has 2 saturated heterocycles. The maximum absolute atomic E-state index is 12.9. The van der Waals surface area contributed by atoms with Crippen LogP contribution in [-0.2, 0) is 27.3 Å². The molecule has 0 aromatic heterocycles. The molecule has 1 aromatic rings. The monoisotopic (exact) mass is 475 g/mol. The van der Waals surface area contributed by atoms with Crippen molar-refractivity contribution in [2.45, 2.75) is 65.0 Å². The van der Waals surface area contributed by atoms with Gasteiger partial charge < -0.3 is 15.4 Å². The van der Waals surface area contributed by atoms with Crippen LogP contribution in [0.5, 0.6) is 0 Å². The molecule has 2 N–H and O–H groups in total. The molecule has 0 bridgehead atoms. The van der Waals surface area contributed by atoms with Crippen LogP contribution in [-0.4, -0.2) is 60.5 Å². The second-order valence-electron chi connectivity index (χ2n) is 10.3. The Labute approximate surface area is 202 Å². The van der Waals surface area contributed by atoms with Crippen LogP contribution >= 0.6 is 11.6 Å². The molecular formula is C26H38ClN3O3. The largest absolute Gasteiger partial charge is 0.381 e. The quantitative estimate of drug-likeness (QED) is 0.654. The van der Waals surface area contributed by atoms with E-state index in [4.69, 9.17) is 22.1 Å². The Bertz CT molecular complexity index is 865. The molecule has 3 aliphatic rings. The molecule has 2 heterocycles. The van der Waals surface area contributed by atoms with Gasteiger partial charge in [-0.15, -0.1) is 0 Å². The minimum Gasteiger partial charge on any atom is -0.381 e. The fraction of sp³-hybridized carbons (Fsp3) is 0.692. The zero-order valence-electron chi connectivity index (χ0n) is 20.0. The molecule has 2 amide bonds. The topological polar surface area (TPSA) is 75.9 Å². The van der Waals surface area contributed by atoms with Crippen LogP contribution in [0.4, 0.5) is 0 Å². The van der Waals surface area contributed by atoms with E-state index in [1.165, 1.54) is 24.0 Å². The summed E-state index contributed by atoms with van der Waals surface area (Å²) in [4.78, 5) is 29.6. The summed E-state index contributed by atoms with van der Waals surface area (Å²) >= 11 is 6.52. The van der Waals surface area contributed by atoms with Gasteiger partial charge in [-0.05, 0) is 74.3 Å². The molecule has 0 radical (unpaired) electrons. The minimum absolute atomic E-state index is 0.177. The average Bonchev–Trinajstić information content (AvgIpc) is 3.49. The molecule has 2 unspecified atom stereocenters. The molecule has 2 aliphatic heterocycles. The lowest BCUT2D eigenvalue weighted by Gasteiger charge is -2.41. The summed E-state index contributed by atoms with van der Waals surface area (Å²) in [5.74, 6) is 0.274. The molecule has 4 rings (SSSR count). The summed E-state index contributed by atoms with van der Waals surface area (Å²) in [5.41, 5.74) is 9.23. The highest BCUT2D eigenvalue weighted by Crippen LogP contribution is 2.31. The summed E-state index contributed by atoms with van der Waals surface area (Å²) in [6, 6.07) is 4.24. The van der Waals surface area contributed by atoms with E-state index in [1.54, 1.807) is 0 Å². The lowest BCUT2D eigenvalue weighted by molar-refractivity contribution is -0.140. The highest BCUT2D eigenvalue weighted by molar-refractivity contribution is 6.30. The molecule has 3 fully saturated rings. The van der Waals surface area contributed by atoms with Crippen molar-refractivity contribution in [3.8, 4) is 0 Å². The number of carbonyl (C=O) groups excluding carboxylic acids is 2. The first kappa shape index (κ1) is 24.5. The van der Waals surface area contributed by atoms with Crippen LogP contribution in [0.2, 0.25) is 5.02 Å². The van der Waals surface area contributed by atoms with E-state index in [0.29, 0.717) is 30.6 Å². The van der Waals surface area contributed by atoms with Crippen molar-refractivity contribution in [1.82, 2.24) is 9.80 Å². The fourth-order valence-corrected chi connectivity index (χ4v) is 6.20. The number of ether oxygens (including phenoxy) is 1. The van der Waals surface area contributed by atoms with E-state index in [1.807, 2.05) is 12.1 Å². The number of carbonyl (C=O) groups is 2. The minimum atomic E-state index is -0.261. The molecule has 1 aromatic carbocycles. The number of piperazine rings is 1. The van der Waals surface area contributed by atoms with E-state index in [9.17, 15) is 9.59 Å². The number of hydrogen-bond donors (Lipinski definition) is 1. The molecule has 1 aliphatic carbocycles. The zero-order chi connectivity index (χ0) is 23.5. The van der Waals surface area contributed by atoms with Gasteiger partial charge >= 0.3 is 0 Å². The van der Waals surface area contributed by atoms with Crippen LogP contribution in [0.15, 0.2) is 12.1 Å². The number of nitrogens with zero attached hydrogens (tertiary/aromatic N) is 2. The highest BCUT2D eigenvalue weighted by atomic mass is 35.5. The number of amides is 2. The summed E-state index contributed by atoms with van der Waals surface area (Å²) in [6.45, 7) is 8.89. The Morgan fingerprint density at radius 1 is 1.18 bits per heavy atom. The van der Waals surface area contributed by atoms with Crippen molar-refractivity contribution in [3.63, 3.8) is 0 Å². The van der Waals surface area contributed by atoms with Gasteiger partial charge in [0.05, 0.1) is 6.61 Å². The van der Waals surface area contributed by atoms with E-state index < -0.39 is 0 Å². The Hall–Kier alpha value is -1.63. The third-order valence-corrected chi connectivity index (χ3v) is 8.24. The van der Waals surface area contributed by atoms with Crippen LogP contribution in [0.3, 0.4) is 0 Å². The molecule has 0 spiro atoms. The molecule has 1 saturated carbocycles. The van der Waals surface area contributed by atoms with Crippen molar-refractivity contribution in [1.29, 1.82) is 0 Å². The summed E-state index contributed by atoms with van der Waals surface area (Å²) in [7, 11) is 0. The van der Waals surface area contributed by atoms with Crippen LogP contribution in [0.1, 0.15) is 55.7 Å². The Kier molecular flexibility index (Phi) is 7.98. The van der Waals surface area contributed by atoms with E-state index >= 15 is 0 Å². The first-order valence-electron chi connectivity index (χ1n) is 12.5. The van der Waals surface area contributed by atoms with Gasteiger partial charge in [0, 0.05) is 55.7 Å². The second kappa shape index (κ2) is 10.7. The van der Waals surface area contributed by atoms with Gasteiger partial charge in [0.2, 0.25) is 11.8 Å². The molecule has 6 nitrogen and oxygen atoms in total. The molecule has 33 heavy (non-hydrogen) atoms. The van der Waals surface area contributed by atoms with Gasteiger partial charge in [0.15, 0.2) is 0 Å². The van der Waals surface area contributed by atoms with Gasteiger partial charge in [-0.1, -0.05) is 24.4 Å². The number of benzene rings is 1. The van der Waals surface area contributed by atoms with Gasteiger partial charge in [-0.25, -0.2) is 0 Å². The Morgan fingerprint density at radius 2 is 1.91 bits per heavy atom. The standard InChI is InChI=1S/C26H38ClN3O3/c1-17-14-29(8-9-30(17)26(32)19-5-3-4-6-19)15-22-12-23(27)11-21(18(22)2)13-24(25(28)31)20-7-10-33-16-20/h11-12,17,19-20,24H,3-10,13-16H2,1-2H3,(H2,28,31)/t17-,20?,24?/m0/s1. The van der Waals surface area contributed by atoms with Gasteiger partial charge in [-0.2, -0.15) is 0 Å². The Morgan fingerprint density at radius 3 is 2.55 bits per heavy atom. The number of hydrogen-bond acceptors (Lipinski definition) is 4. The predicted octanol–water partition coefficient (Wildman–Crippen LogP) is 3.55. The van der Waals surface area contributed by atoms with Crippen molar-refractivity contribution in [2.75, 3.05) is 32.8 Å². The van der Waals surface area contributed by atoms with E-state index in [0.717, 1.165) is 51.0 Å². The lowest BCUT2D eigenvalue weighted by Crippen LogP contribution is -2.54. The molecular weight excluding hydrogens is 438 g/mol. The SMILES string of the molecule is Cc1c(CC(C(N)=O)C2CCOC2)cc(Cl)cc1CN1CCN(C(=O)C2CCCC2)[C@@H](C)C1. The summed E-state index contributed by atoms with van der Waals surface area (Å²) in [6.07, 6.45) is 5.95. The maximum Gasteiger partial charge on any atom is 0.226 e. The van der Waals surface area contributed by atoms with Gasteiger partial charge in [0.1, 0.15) is 0 Å². The molecule has 182 valence electrons. The summed E-state index contributed by atoms with van der Waals surface area (Å²) in [5, 5.41) is 0.694. The van der Waals surface area contributed by atoms with Crippen molar-refractivity contribution >= 4 is 23.4 Å². The lowest BCUT2D eigenvalue weighted by atomic mass is 9.84. The van der Waals surface area contributed by atoms with E-state index in [2.05, 4.69) is 23.6 Å². The predicted molar refractivity (Wildman–Crippen MR) is 130 cm³/mol. The van der Waals surface area contributed by atoms with Crippen molar-refractivity contribution in [3.05, 3.63) is 33.8 Å². The van der Waals surface area contributed by atoms with Gasteiger partial charge in [-0.3, -0.25) is 14.5 Å². The van der Waals surface area contributed by atoms with Crippen LogP contribution < -0.4 is 5.73 Å². The third kappa shape index (κ3) is 5.72. The number of halogens is 1. The molecule has 7 heteroatoms. The first-order chi connectivity index (χ1) is 15.8. The first-order valence-corrected chi connectivity index (χ1v) is 12.9. The Balaban J connectivity index is 1.42. The van der Waals surface area contributed by atoms with Crippen molar-refractivity contribution < 1.29 is 14.3 Å². The maximum atomic E-state index is 12.9. The van der Waals surface area contributed by atoms with Gasteiger partial charge in [0.25, 0.3) is 0 Å². The average molecular weight is 476 g/mol. The smallest absolute Gasteiger partial charge is 0.226 e. The second-order valence-corrected chi connectivity index (χ2v) is 10.7. The van der Waals surface area contributed by atoms with Crippen LogP contribution in [0.25, 0.3) is 0 Å². The number of nitrogens with two attached hydrogens (primary N) is 1. The number of rotatable bonds is 7. The normalized spacial score (nSPS) is 25.5. The summed E-state index contributed by atoms with van der Waals surface area (Å²) < 4.78 is 5.50. The van der Waals surface area contributed by atoms with E-state index in [-0.39, 0.29) is 29.7 Å².